The van der Waals surface area contributed by atoms with Crippen molar-refractivity contribution >= 4 is 17.6 Å². The zero-order valence-corrected chi connectivity index (χ0v) is 13.3. The number of nitrogen functional groups attached to an aromatic ring is 1. The first-order valence-electron chi connectivity index (χ1n) is 7.67. The molecule has 1 unspecified atom stereocenters. The van der Waals surface area contributed by atoms with Crippen LogP contribution < -0.4 is 16.9 Å². The standard InChI is InChI=1S/C15H22N6O2/c1-15(2)6-8-7-18-14(17)19-10(8)11-9(15)12(13(22)23)21(20-11)5-3-4-16/h7,12,20H,3-6,16H2,1-2H3,(H,22,23)(H2,17,18,19). The summed E-state index contributed by atoms with van der Waals surface area (Å²) in [6.07, 6.45) is 3.11. The van der Waals surface area contributed by atoms with Crippen LogP contribution in [0.1, 0.15) is 31.5 Å². The number of carboxylic acid groups (broad SMARTS) is 1. The maximum absolute atomic E-state index is 11.9. The van der Waals surface area contributed by atoms with E-state index in [1.807, 2.05) is 13.8 Å². The van der Waals surface area contributed by atoms with Crippen LogP contribution in [-0.4, -0.2) is 45.2 Å². The van der Waals surface area contributed by atoms with E-state index in [2.05, 4.69) is 15.4 Å². The summed E-state index contributed by atoms with van der Waals surface area (Å²) in [6, 6.07) is -0.726. The molecule has 23 heavy (non-hydrogen) atoms. The SMILES string of the molecule is CC1(C)Cc2cnc(N)nc2C2=C1C(C(=O)O)N(CCCN)N2. The van der Waals surface area contributed by atoms with Crippen LogP contribution in [0.2, 0.25) is 0 Å². The molecule has 0 fully saturated rings. The van der Waals surface area contributed by atoms with Gasteiger partial charge in [0, 0.05) is 12.7 Å². The number of nitrogens with two attached hydrogens (primary N) is 2. The molecule has 3 rings (SSSR count). The van der Waals surface area contributed by atoms with E-state index >= 15 is 0 Å². The first-order chi connectivity index (χ1) is 10.8. The molecular weight excluding hydrogens is 296 g/mol. The van der Waals surface area contributed by atoms with Crippen molar-refractivity contribution in [1.82, 2.24) is 20.4 Å². The van der Waals surface area contributed by atoms with Gasteiger partial charge >= 0.3 is 5.97 Å². The second-order valence-corrected chi connectivity index (χ2v) is 6.64. The van der Waals surface area contributed by atoms with E-state index in [-0.39, 0.29) is 11.4 Å². The number of aliphatic carboxylic acids is 1. The van der Waals surface area contributed by atoms with Crippen LogP contribution in [0.25, 0.3) is 5.70 Å². The second-order valence-electron chi connectivity index (χ2n) is 6.64. The summed E-state index contributed by atoms with van der Waals surface area (Å²) in [7, 11) is 0. The lowest BCUT2D eigenvalue weighted by molar-refractivity contribution is -0.142. The molecule has 0 bridgehead atoms. The van der Waals surface area contributed by atoms with Crippen molar-refractivity contribution in [2.75, 3.05) is 18.8 Å². The zero-order valence-electron chi connectivity index (χ0n) is 13.3. The smallest absolute Gasteiger partial charge is 0.327 e. The summed E-state index contributed by atoms with van der Waals surface area (Å²) >= 11 is 0. The van der Waals surface area contributed by atoms with Gasteiger partial charge in [-0.2, -0.15) is 0 Å². The summed E-state index contributed by atoms with van der Waals surface area (Å²) in [5, 5.41) is 11.5. The van der Waals surface area contributed by atoms with Crippen molar-refractivity contribution in [2.24, 2.45) is 11.1 Å². The molecule has 1 aliphatic carbocycles. The number of carboxylic acids is 1. The maximum atomic E-state index is 11.9. The van der Waals surface area contributed by atoms with E-state index < -0.39 is 12.0 Å². The second kappa shape index (κ2) is 5.47. The molecule has 2 aliphatic rings. The van der Waals surface area contributed by atoms with Crippen LogP contribution in [0.4, 0.5) is 5.95 Å². The topological polar surface area (TPSA) is 130 Å². The fraction of sp³-hybridized carbons (Fsp3) is 0.533. The highest BCUT2D eigenvalue weighted by Gasteiger charge is 2.48. The predicted octanol–water partition coefficient (Wildman–Crippen LogP) is -0.0256. The van der Waals surface area contributed by atoms with Gasteiger partial charge in [0.05, 0.1) is 11.4 Å². The van der Waals surface area contributed by atoms with Crippen LogP contribution in [0, 0.1) is 5.41 Å². The number of carbonyl (C=O) groups is 1. The molecule has 1 aromatic heterocycles. The number of hydrogen-bond acceptors (Lipinski definition) is 7. The molecule has 0 amide bonds. The van der Waals surface area contributed by atoms with Gasteiger partial charge in [-0.1, -0.05) is 13.8 Å². The molecule has 1 atom stereocenters. The van der Waals surface area contributed by atoms with Crippen molar-refractivity contribution in [3.63, 3.8) is 0 Å². The molecule has 6 N–H and O–H groups in total. The molecule has 0 aromatic carbocycles. The fourth-order valence-electron chi connectivity index (χ4n) is 3.49. The zero-order chi connectivity index (χ0) is 16.8. The van der Waals surface area contributed by atoms with E-state index in [1.165, 1.54) is 0 Å². The largest absolute Gasteiger partial charge is 0.480 e. The molecule has 2 heterocycles. The number of aromatic nitrogens is 2. The third kappa shape index (κ3) is 2.53. The van der Waals surface area contributed by atoms with Crippen LogP contribution in [0.3, 0.4) is 0 Å². The van der Waals surface area contributed by atoms with Gasteiger partial charge in [0.1, 0.15) is 0 Å². The summed E-state index contributed by atoms with van der Waals surface area (Å²) < 4.78 is 0. The Hall–Kier alpha value is -2.19. The summed E-state index contributed by atoms with van der Waals surface area (Å²) in [5.74, 6) is -0.692. The van der Waals surface area contributed by atoms with E-state index in [0.29, 0.717) is 31.6 Å². The Balaban J connectivity index is 2.11. The average molecular weight is 318 g/mol. The van der Waals surface area contributed by atoms with Crippen molar-refractivity contribution < 1.29 is 9.90 Å². The minimum absolute atomic E-state index is 0.185. The van der Waals surface area contributed by atoms with Gasteiger partial charge in [-0.25, -0.2) is 15.0 Å². The molecular formula is C15H22N6O2. The van der Waals surface area contributed by atoms with E-state index in [0.717, 1.165) is 16.8 Å². The minimum Gasteiger partial charge on any atom is -0.480 e. The summed E-state index contributed by atoms with van der Waals surface area (Å²) in [5.41, 5.74) is 17.5. The first kappa shape index (κ1) is 15.7. The van der Waals surface area contributed by atoms with Crippen molar-refractivity contribution in [2.45, 2.75) is 32.7 Å². The molecule has 8 nitrogen and oxygen atoms in total. The van der Waals surface area contributed by atoms with Gasteiger partial charge in [-0.15, -0.1) is 0 Å². The lowest BCUT2D eigenvalue weighted by Gasteiger charge is -2.34. The van der Waals surface area contributed by atoms with Gasteiger partial charge in [0.2, 0.25) is 5.95 Å². The maximum Gasteiger partial charge on any atom is 0.327 e. The van der Waals surface area contributed by atoms with Crippen LogP contribution in [0.15, 0.2) is 11.8 Å². The highest BCUT2D eigenvalue weighted by molar-refractivity contribution is 5.86. The number of hydrazine groups is 1. The van der Waals surface area contributed by atoms with Crippen LogP contribution in [-0.2, 0) is 11.2 Å². The minimum atomic E-state index is -0.877. The number of rotatable bonds is 4. The normalized spacial score (nSPS) is 22.5. The number of nitrogens with zero attached hydrogens (tertiary/aromatic N) is 3. The van der Waals surface area contributed by atoms with Gasteiger partial charge in [0.15, 0.2) is 6.04 Å². The summed E-state index contributed by atoms with van der Waals surface area (Å²) in [4.78, 5) is 20.3. The number of nitrogens with one attached hydrogen (secondary N) is 1. The fourth-order valence-corrected chi connectivity index (χ4v) is 3.49. The third-order valence-corrected chi connectivity index (χ3v) is 4.43. The quantitative estimate of drug-likeness (QED) is 0.609. The summed E-state index contributed by atoms with van der Waals surface area (Å²) in [6.45, 7) is 5.15. The molecule has 0 saturated heterocycles. The lowest BCUT2D eigenvalue weighted by atomic mass is 9.71. The van der Waals surface area contributed by atoms with Crippen molar-refractivity contribution in [3.05, 3.63) is 23.0 Å². The highest BCUT2D eigenvalue weighted by atomic mass is 16.4. The van der Waals surface area contributed by atoms with Gasteiger partial charge in [-0.3, -0.25) is 4.79 Å². The average Bonchev–Trinajstić information content (AvgIpc) is 2.87. The monoisotopic (exact) mass is 318 g/mol. The lowest BCUT2D eigenvalue weighted by Crippen LogP contribution is -2.46. The third-order valence-electron chi connectivity index (χ3n) is 4.43. The van der Waals surface area contributed by atoms with Crippen molar-refractivity contribution in [1.29, 1.82) is 0 Å². The van der Waals surface area contributed by atoms with Crippen molar-refractivity contribution in [3.8, 4) is 0 Å². The number of hydrogen-bond donors (Lipinski definition) is 4. The molecule has 0 spiro atoms. The molecule has 124 valence electrons. The van der Waals surface area contributed by atoms with Gasteiger partial charge in [-0.05, 0) is 35.9 Å². The molecule has 0 saturated carbocycles. The highest BCUT2D eigenvalue weighted by Crippen LogP contribution is 2.46. The Labute approximate surface area is 134 Å². The number of fused-ring (bicyclic) bond motifs is 2. The molecule has 1 aliphatic heterocycles. The first-order valence-corrected chi connectivity index (χ1v) is 7.67. The Bertz CT molecular complexity index is 685. The van der Waals surface area contributed by atoms with Gasteiger partial charge in [0.25, 0.3) is 0 Å². The van der Waals surface area contributed by atoms with E-state index in [9.17, 15) is 9.90 Å². The number of anilines is 1. The van der Waals surface area contributed by atoms with E-state index in [4.69, 9.17) is 11.5 Å². The molecule has 0 radical (unpaired) electrons. The molecule has 1 aromatic rings. The Morgan fingerprint density at radius 2 is 2.30 bits per heavy atom. The Morgan fingerprint density at radius 1 is 1.57 bits per heavy atom. The predicted molar refractivity (Wildman–Crippen MR) is 85.8 cm³/mol. The van der Waals surface area contributed by atoms with Crippen LogP contribution in [0.5, 0.6) is 0 Å². The van der Waals surface area contributed by atoms with Gasteiger partial charge < -0.3 is 22.0 Å². The van der Waals surface area contributed by atoms with E-state index in [1.54, 1.807) is 11.2 Å². The Morgan fingerprint density at radius 3 is 2.96 bits per heavy atom. The van der Waals surface area contributed by atoms with Crippen LogP contribution >= 0.6 is 0 Å². The molecule has 8 heteroatoms. The Kier molecular flexibility index (Phi) is 3.73.